The summed E-state index contributed by atoms with van der Waals surface area (Å²) in [4.78, 5) is 0. The first-order valence-electron chi connectivity index (χ1n) is 3.61. The van der Waals surface area contributed by atoms with Crippen molar-refractivity contribution in [2.24, 2.45) is 5.73 Å². The molecule has 0 radical (unpaired) electrons. The van der Waals surface area contributed by atoms with Crippen LogP contribution in [0, 0.1) is 0 Å². The first-order valence-corrected chi connectivity index (χ1v) is 3.61. The summed E-state index contributed by atoms with van der Waals surface area (Å²) < 4.78 is 36.2. The normalized spacial score (nSPS) is 14.5. The largest absolute Gasteiger partial charge is 0.408 e. The van der Waals surface area contributed by atoms with Gasteiger partial charge in [0.1, 0.15) is 6.54 Å². The lowest BCUT2D eigenvalue weighted by atomic mass is 10.3. The highest BCUT2D eigenvalue weighted by atomic mass is 19.4. The van der Waals surface area contributed by atoms with Gasteiger partial charge >= 0.3 is 6.18 Å². The van der Waals surface area contributed by atoms with Crippen LogP contribution >= 0.6 is 0 Å². The Bertz CT molecular complexity index is 278. The van der Waals surface area contributed by atoms with E-state index in [1.54, 1.807) is 6.92 Å². The SMILES string of the molecule is CC(N)c1cn(CC(F)(F)F)nn1. The van der Waals surface area contributed by atoms with Crippen LogP contribution in [0.15, 0.2) is 6.20 Å². The Balaban J connectivity index is 2.70. The zero-order valence-corrected chi connectivity index (χ0v) is 6.91. The monoisotopic (exact) mass is 194 g/mol. The highest BCUT2D eigenvalue weighted by Crippen LogP contribution is 2.17. The molecule has 1 unspecified atom stereocenters. The van der Waals surface area contributed by atoms with E-state index >= 15 is 0 Å². The fraction of sp³-hybridized carbons (Fsp3) is 0.667. The van der Waals surface area contributed by atoms with Crippen LogP contribution in [0.5, 0.6) is 0 Å². The standard InChI is InChI=1S/C6H9F3N4/c1-4(10)5-2-13(12-11-5)3-6(7,8)9/h2,4H,3,10H2,1H3. The van der Waals surface area contributed by atoms with Gasteiger partial charge in [-0.1, -0.05) is 5.21 Å². The third-order valence-corrected chi connectivity index (χ3v) is 1.36. The van der Waals surface area contributed by atoms with Crippen molar-refractivity contribution in [1.29, 1.82) is 0 Å². The first kappa shape index (κ1) is 9.97. The van der Waals surface area contributed by atoms with E-state index in [0.29, 0.717) is 5.69 Å². The van der Waals surface area contributed by atoms with Crippen LogP contribution < -0.4 is 5.73 Å². The molecule has 0 fully saturated rings. The van der Waals surface area contributed by atoms with Crippen molar-refractivity contribution < 1.29 is 13.2 Å². The highest BCUT2D eigenvalue weighted by molar-refractivity contribution is 4.97. The predicted octanol–water partition coefficient (Wildman–Crippen LogP) is 0.860. The first-order chi connectivity index (χ1) is 5.88. The van der Waals surface area contributed by atoms with Gasteiger partial charge in [0, 0.05) is 6.04 Å². The number of hydrogen-bond acceptors (Lipinski definition) is 3. The Morgan fingerprint density at radius 2 is 2.23 bits per heavy atom. The third-order valence-electron chi connectivity index (χ3n) is 1.36. The number of aromatic nitrogens is 3. The summed E-state index contributed by atoms with van der Waals surface area (Å²) in [5.41, 5.74) is 5.74. The van der Waals surface area contributed by atoms with Crippen LogP contribution in [0.25, 0.3) is 0 Å². The summed E-state index contributed by atoms with van der Waals surface area (Å²) in [7, 11) is 0. The lowest BCUT2D eigenvalue weighted by molar-refractivity contribution is -0.142. The van der Waals surface area contributed by atoms with Crippen LogP contribution in [0.3, 0.4) is 0 Å². The van der Waals surface area contributed by atoms with E-state index in [1.165, 1.54) is 6.20 Å². The second-order valence-electron chi connectivity index (χ2n) is 2.74. The summed E-state index contributed by atoms with van der Waals surface area (Å²) in [5, 5.41) is 6.78. The Morgan fingerprint density at radius 1 is 1.62 bits per heavy atom. The molecule has 0 aliphatic heterocycles. The summed E-state index contributed by atoms with van der Waals surface area (Å²) >= 11 is 0. The summed E-state index contributed by atoms with van der Waals surface area (Å²) in [6.45, 7) is 0.495. The maximum Gasteiger partial charge on any atom is 0.408 e. The van der Waals surface area contributed by atoms with Crippen molar-refractivity contribution in [3.05, 3.63) is 11.9 Å². The maximum atomic E-state index is 11.8. The van der Waals surface area contributed by atoms with Gasteiger partial charge in [-0.15, -0.1) is 5.10 Å². The minimum Gasteiger partial charge on any atom is -0.323 e. The zero-order chi connectivity index (χ0) is 10.1. The van der Waals surface area contributed by atoms with Crippen molar-refractivity contribution in [3.63, 3.8) is 0 Å². The summed E-state index contributed by atoms with van der Waals surface area (Å²) in [6, 6.07) is -0.401. The van der Waals surface area contributed by atoms with Crippen molar-refractivity contribution in [3.8, 4) is 0 Å². The van der Waals surface area contributed by atoms with Crippen molar-refractivity contribution in [2.75, 3.05) is 0 Å². The van der Waals surface area contributed by atoms with Gasteiger partial charge in [-0.05, 0) is 6.92 Å². The van der Waals surface area contributed by atoms with E-state index in [0.717, 1.165) is 4.68 Å². The summed E-state index contributed by atoms with van der Waals surface area (Å²) in [5.74, 6) is 0. The molecule has 0 saturated carbocycles. The second-order valence-corrected chi connectivity index (χ2v) is 2.74. The van der Waals surface area contributed by atoms with Crippen LogP contribution in [-0.2, 0) is 6.54 Å². The van der Waals surface area contributed by atoms with Gasteiger partial charge in [-0.3, -0.25) is 0 Å². The molecular weight excluding hydrogens is 185 g/mol. The van der Waals surface area contributed by atoms with E-state index in [2.05, 4.69) is 10.3 Å². The fourth-order valence-corrected chi connectivity index (χ4v) is 0.783. The maximum absolute atomic E-state index is 11.8. The van der Waals surface area contributed by atoms with E-state index in [4.69, 9.17) is 5.73 Å². The minimum absolute atomic E-state index is 0.351. The van der Waals surface area contributed by atoms with Gasteiger partial charge in [0.05, 0.1) is 11.9 Å². The molecule has 7 heteroatoms. The van der Waals surface area contributed by atoms with Crippen LogP contribution in [-0.4, -0.2) is 21.2 Å². The molecular formula is C6H9F3N4. The van der Waals surface area contributed by atoms with Gasteiger partial charge in [0.25, 0.3) is 0 Å². The summed E-state index contributed by atoms with van der Waals surface area (Å²) in [6.07, 6.45) is -3.08. The average Bonchev–Trinajstić information content (AvgIpc) is 2.31. The number of nitrogens with zero attached hydrogens (tertiary/aromatic N) is 3. The Hall–Kier alpha value is -1.11. The molecule has 1 aromatic heterocycles. The number of alkyl halides is 3. The van der Waals surface area contributed by atoms with Gasteiger partial charge in [-0.25, -0.2) is 4.68 Å². The zero-order valence-electron chi connectivity index (χ0n) is 6.91. The van der Waals surface area contributed by atoms with Crippen LogP contribution in [0.4, 0.5) is 13.2 Å². The van der Waals surface area contributed by atoms with E-state index in [1.807, 2.05) is 0 Å². The minimum atomic E-state index is -4.27. The average molecular weight is 194 g/mol. The molecule has 0 amide bonds. The second kappa shape index (κ2) is 3.33. The molecule has 1 heterocycles. The van der Waals surface area contributed by atoms with Crippen molar-refractivity contribution >= 4 is 0 Å². The molecule has 13 heavy (non-hydrogen) atoms. The van der Waals surface area contributed by atoms with E-state index < -0.39 is 18.8 Å². The smallest absolute Gasteiger partial charge is 0.323 e. The van der Waals surface area contributed by atoms with Crippen LogP contribution in [0.2, 0.25) is 0 Å². The molecule has 2 N–H and O–H groups in total. The Kier molecular flexibility index (Phi) is 2.55. The van der Waals surface area contributed by atoms with Crippen molar-refractivity contribution in [2.45, 2.75) is 25.7 Å². The molecule has 0 bridgehead atoms. The molecule has 1 atom stereocenters. The molecule has 0 aliphatic carbocycles. The van der Waals surface area contributed by atoms with Gasteiger partial charge in [0.2, 0.25) is 0 Å². The predicted molar refractivity (Wildman–Crippen MR) is 38.7 cm³/mol. The molecule has 1 rings (SSSR count). The molecule has 4 nitrogen and oxygen atoms in total. The molecule has 0 aliphatic rings. The van der Waals surface area contributed by atoms with Gasteiger partial charge in [0.15, 0.2) is 0 Å². The van der Waals surface area contributed by atoms with E-state index in [-0.39, 0.29) is 0 Å². The number of halogens is 3. The van der Waals surface area contributed by atoms with E-state index in [9.17, 15) is 13.2 Å². The van der Waals surface area contributed by atoms with Gasteiger partial charge in [-0.2, -0.15) is 13.2 Å². The lowest BCUT2D eigenvalue weighted by Crippen LogP contribution is -2.18. The fourth-order valence-electron chi connectivity index (χ4n) is 0.783. The molecule has 0 saturated heterocycles. The number of hydrogen-bond donors (Lipinski definition) is 1. The van der Waals surface area contributed by atoms with Crippen LogP contribution in [0.1, 0.15) is 18.7 Å². The Labute approximate surface area is 72.5 Å². The molecule has 0 aromatic carbocycles. The highest BCUT2D eigenvalue weighted by Gasteiger charge is 2.28. The molecule has 0 spiro atoms. The third kappa shape index (κ3) is 3.02. The topological polar surface area (TPSA) is 56.7 Å². The van der Waals surface area contributed by atoms with Crippen molar-refractivity contribution in [1.82, 2.24) is 15.0 Å². The lowest BCUT2D eigenvalue weighted by Gasteiger charge is -2.04. The quantitative estimate of drug-likeness (QED) is 0.759. The number of nitrogens with two attached hydrogens (primary N) is 1. The molecule has 1 aromatic rings. The Morgan fingerprint density at radius 3 is 2.62 bits per heavy atom. The number of rotatable bonds is 2. The van der Waals surface area contributed by atoms with Gasteiger partial charge < -0.3 is 5.73 Å². The molecule has 74 valence electrons.